The molecule has 0 aliphatic heterocycles. The molecule has 2 N–H and O–H groups in total. The molecule has 158 valence electrons. The van der Waals surface area contributed by atoms with E-state index in [4.69, 9.17) is 21.4 Å². The highest BCUT2D eigenvalue weighted by Crippen LogP contribution is 2.13. The summed E-state index contributed by atoms with van der Waals surface area (Å²) in [6, 6.07) is 18.3. The molecule has 4 rings (SSSR count). The number of benzene rings is 2. The van der Waals surface area contributed by atoms with Gasteiger partial charge in [0.1, 0.15) is 12.4 Å². The van der Waals surface area contributed by atoms with Crippen LogP contribution in [0.1, 0.15) is 17.7 Å². The van der Waals surface area contributed by atoms with Gasteiger partial charge in [-0.25, -0.2) is 0 Å². The zero-order chi connectivity index (χ0) is 21.6. The number of hydrogen-bond acceptors (Lipinski definition) is 5. The maximum absolute atomic E-state index is 12.7. The molecule has 0 bridgehead atoms. The molecule has 0 fully saturated rings. The van der Waals surface area contributed by atoms with Gasteiger partial charge in [0.15, 0.2) is 4.77 Å². The Bertz CT molecular complexity index is 1310. The molecule has 0 saturated carbocycles. The average Bonchev–Trinajstić information content (AvgIpc) is 3.27. The van der Waals surface area contributed by atoms with E-state index in [2.05, 4.69) is 10.3 Å². The van der Waals surface area contributed by atoms with Crippen molar-refractivity contribution in [2.45, 2.75) is 26.2 Å². The van der Waals surface area contributed by atoms with Crippen molar-refractivity contribution >= 4 is 34.7 Å². The van der Waals surface area contributed by atoms with Crippen LogP contribution >= 0.6 is 12.2 Å². The van der Waals surface area contributed by atoms with Gasteiger partial charge >= 0.3 is 0 Å². The predicted molar refractivity (Wildman–Crippen MR) is 120 cm³/mol. The van der Waals surface area contributed by atoms with E-state index in [1.807, 2.05) is 42.5 Å². The molecule has 1 amide bonds. The van der Waals surface area contributed by atoms with Gasteiger partial charge in [0, 0.05) is 18.7 Å². The van der Waals surface area contributed by atoms with Crippen molar-refractivity contribution in [2.75, 3.05) is 5.32 Å². The summed E-state index contributed by atoms with van der Waals surface area (Å²) in [6.07, 6.45) is 1.72. The summed E-state index contributed by atoms with van der Waals surface area (Å²) in [5.74, 6) is 0.551. The van der Waals surface area contributed by atoms with E-state index in [0.29, 0.717) is 34.6 Å². The van der Waals surface area contributed by atoms with Gasteiger partial charge < -0.3 is 19.5 Å². The smallest absolute Gasteiger partial charge is 0.262 e. The van der Waals surface area contributed by atoms with Crippen molar-refractivity contribution in [2.24, 2.45) is 0 Å². The Hall–Kier alpha value is -3.49. The van der Waals surface area contributed by atoms with Gasteiger partial charge in [0.25, 0.3) is 5.56 Å². The maximum atomic E-state index is 12.7. The van der Waals surface area contributed by atoms with Crippen molar-refractivity contribution in [1.29, 1.82) is 0 Å². The fourth-order valence-corrected chi connectivity index (χ4v) is 3.53. The zero-order valence-electron chi connectivity index (χ0n) is 16.7. The van der Waals surface area contributed by atoms with E-state index in [1.165, 1.54) is 4.57 Å². The number of rotatable bonds is 8. The van der Waals surface area contributed by atoms with Crippen LogP contribution in [0.25, 0.3) is 10.9 Å². The lowest BCUT2D eigenvalue weighted by atomic mass is 10.2. The molecule has 2 aromatic carbocycles. The standard InChI is InChI=1S/C23H21N3O4S/c27-21(10-11-26-22(28)19-8-1-2-9-20(19)25-23(26)31)24-17-6-3-5-16(13-17)14-29-15-18-7-4-12-30-18/h1-9,12-13H,10-11,14-15H2,(H,24,27)(H,25,31). The molecule has 8 heteroatoms. The molecular formula is C23H21N3O4S. The molecule has 0 saturated heterocycles. The number of ether oxygens (including phenoxy) is 1. The first-order valence-electron chi connectivity index (χ1n) is 9.81. The third-order valence-electron chi connectivity index (χ3n) is 4.76. The molecule has 0 aliphatic rings. The van der Waals surface area contributed by atoms with Crippen molar-refractivity contribution < 1.29 is 13.9 Å². The SMILES string of the molecule is O=C(CCn1c(=S)[nH]c2ccccc2c1=O)Nc1cccc(COCc2ccco2)c1. The van der Waals surface area contributed by atoms with Crippen LogP contribution in [0.5, 0.6) is 0 Å². The van der Waals surface area contributed by atoms with Crippen LogP contribution in [-0.4, -0.2) is 15.5 Å². The van der Waals surface area contributed by atoms with Crippen molar-refractivity contribution in [3.8, 4) is 0 Å². The fourth-order valence-electron chi connectivity index (χ4n) is 3.24. The summed E-state index contributed by atoms with van der Waals surface area (Å²) in [6.45, 7) is 0.966. The first-order valence-corrected chi connectivity index (χ1v) is 10.2. The largest absolute Gasteiger partial charge is 0.467 e. The van der Waals surface area contributed by atoms with E-state index in [0.717, 1.165) is 11.3 Å². The first kappa shape index (κ1) is 20.8. The average molecular weight is 436 g/mol. The Morgan fingerprint density at radius 2 is 1.97 bits per heavy atom. The molecule has 2 heterocycles. The highest BCUT2D eigenvalue weighted by Gasteiger charge is 2.09. The molecule has 0 spiro atoms. The fraction of sp³-hybridized carbons (Fsp3) is 0.174. The number of aromatic amines is 1. The Kier molecular flexibility index (Phi) is 6.40. The number of H-pyrrole nitrogens is 1. The van der Waals surface area contributed by atoms with Crippen molar-refractivity contribution in [1.82, 2.24) is 9.55 Å². The Labute approximate surface area is 183 Å². The third-order valence-corrected chi connectivity index (χ3v) is 5.08. The van der Waals surface area contributed by atoms with E-state index < -0.39 is 0 Å². The van der Waals surface area contributed by atoms with Gasteiger partial charge in [0.05, 0.1) is 23.8 Å². The molecular weight excluding hydrogens is 414 g/mol. The molecule has 0 unspecified atom stereocenters. The maximum Gasteiger partial charge on any atom is 0.262 e. The number of nitrogens with one attached hydrogen (secondary N) is 2. The van der Waals surface area contributed by atoms with E-state index in [1.54, 1.807) is 24.5 Å². The van der Waals surface area contributed by atoms with Crippen LogP contribution in [0.15, 0.2) is 76.1 Å². The van der Waals surface area contributed by atoms with Gasteiger partial charge in [-0.05, 0) is 54.2 Å². The topological polar surface area (TPSA) is 89.3 Å². The second-order valence-corrected chi connectivity index (χ2v) is 7.39. The number of fused-ring (bicyclic) bond motifs is 1. The van der Waals surface area contributed by atoms with Crippen molar-refractivity contribution in [3.05, 3.63) is 93.4 Å². The Balaban J connectivity index is 1.35. The quantitative estimate of drug-likeness (QED) is 0.401. The lowest BCUT2D eigenvalue weighted by Crippen LogP contribution is -2.25. The minimum Gasteiger partial charge on any atom is -0.467 e. The lowest BCUT2D eigenvalue weighted by Gasteiger charge is -2.10. The summed E-state index contributed by atoms with van der Waals surface area (Å²) in [5.41, 5.74) is 2.07. The minimum atomic E-state index is -0.206. The van der Waals surface area contributed by atoms with E-state index in [-0.39, 0.29) is 24.4 Å². The number of carbonyl (C=O) groups is 1. The Morgan fingerprint density at radius 3 is 2.81 bits per heavy atom. The number of furan rings is 1. The number of nitrogens with zero attached hydrogens (tertiary/aromatic N) is 1. The number of hydrogen-bond donors (Lipinski definition) is 2. The summed E-state index contributed by atoms with van der Waals surface area (Å²) in [7, 11) is 0. The highest BCUT2D eigenvalue weighted by molar-refractivity contribution is 7.71. The molecule has 7 nitrogen and oxygen atoms in total. The van der Waals surface area contributed by atoms with Gasteiger partial charge in [-0.1, -0.05) is 24.3 Å². The first-order chi connectivity index (χ1) is 15.1. The molecule has 2 aromatic heterocycles. The Morgan fingerprint density at radius 1 is 1.10 bits per heavy atom. The van der Waals surface area contributed by atoms with Crippen LogP contribution in [0, 0.1) is 4.77 Å². The summed E-state index contributed by atoms with van der Waals surface area (Å²) < 4.78 is 12.6. The highest BCUT2D eigenvalue weighted by atomic mass is 32.1. The van der Waals surface area contributed by atoms with E-state index in [9.17, 15) is 9.59 Å². The summed E-state index contributed by atoms with van der Waals surface area (Å²) in [4.78, 5) is 28.1. The van der Waals surface area contributed by atoms with Crippen LogP contribution in [0.4, 0.5) is 5.69 Å². The van der Waals surface area contributed by atoms with Crippen LogP contribution in [0.2, 0.25) is 0 Å². The monoisotopic (exact) mass is 435 g/mol. The van der Waals surface area contributed by atoms with Crippen LogP contribution in [-0.2, 0) is 29.3 Å². The minimum absolute atomic E-state index is 0.120. The predicted octanol–water partition coefficient (Wildman–Crippen LogP) is 4.40. The molecule has 0 radical (unpaired) electrons. The van der Waals surface area contributed by atoms with Crippen molar-refractivity contribution in [3.63, 3.8) is 0 Å². The lowest BCUT2D eigenvalue weighted by molar-refractivity contribution is -0.116. The van der Waals surface area contributed by atoms with Crippen LogP contribution < -0.4 is 10.9 Å². The normalized spacial score (nSPS) is 11.0. The molecule has 0 aliphatic carbocycles. The number of aromatic nitrogens is 2. The van der Waals surface area contributed by atoms with E-state index >= 15 is 0 Å². The second kappa shape index (κ2) is 9.55. The third kappa shape index (κ3) is 5.17. The second-order valence-electron chi connectivity index (χ2n) is 7.00. The molecule has 31 heavy (non-hydrogen) atoms. The van der Waals surface area contributed by atoms with Gasteiger partial charge in [-0.3, -0.25) is 14.2 Å². The van der Waals surface area contributed by atoms with Crippen LogP contribution in [0.3, 0.4) is 0 Å². The molecule has 0 atom stereocenters. The van der Waals surface area contributed by atoms with Gasteiger partial charge in [0.2, 0.25) is 5.91 Å². The number of para-hydroxylation sites is 1. The summed E-state index contributed by atoms with van der Waals surface area (Å²) in [5, 5.41) is 3.40. The number of anilines is 1. The number of carbonyl (C=O) groups excluding carboxylic acids is 1. The zero-order valence-corrected chi connectivity index (χ0v) is 17.5. The van der Waals surface area contributed by atoms with Gasteiger partial charge in [-0.2, -0.15) is 0 Å². The number of amides is 1. The van der Waals surface area contributed by atoms with Gasteiger partial charge in [-0.15, -0.1) is 0 Å². The summed E-state index contributed by atoms with van der Waals surface area (Å²) >= 11 is 5.29. The molecule has 4 aromatic rings.